The Balaban J connectivity index is 1.64. The van der Waals surface area contributed by atoms with Gasteiger partial charge in [0.15, 0.2) is 0 Å². The molecule has 5 nitrogen and oxygen atoms in total. The van der Waals surface area contributed by atoms with Crippen LogP contribution in [0.4, 0.5) is 0 Å². The second-order valence-corrected chi connectivity index (χ2v) is 10.7. The summed E-state index contributed by atoms with van der Waals surface area (Å²) in [7, 11) is -3.75. The van der Waals surface area contributed by atoms with Crippen molar-refractivity contribution in [2.75, 3.05) is 0 Å². The molecule has 4 rings (SSSR count). The number of sulfonamides is 1. The summed E-state index contributed by atoms with van der Waals surface area (Å²) in [6.45, 7) is 6.47. The maximum Gasteiger partial charge on any atom is 0.308 e. The Morgan fingerprint density at radius 3 is 2.41 bits per heavy atom. The lowest BCUT2D eigenvalue weighted by atomic mass is 10.0. The minimum Gasteiger partial charge on any atom is -0.294 e. The highest BCUT2D eigenvalue weighted by Crippen LogP contribution is 2.26. The third kappa shape index (κ3) is 4.55. The third-order valence-corrected chi connectivity index (χ3v) is 8.18. The van der Waals surface area contributed by atoms with Gasteiger partial charge in [0, 0.05) is 6.04 Å². The van der Waals surface area contributed by atoms with Gasteiger partial charge in [-0.25, -0.2) is 13.1 Å². The Kier molecular flexibility index (Phi) is 6.33. The molecule has 0 aliphatic rings. The van der Waals surface area contributed by atoms with Gasteiger partial charge in [0.05, 0.1) is 21.7 Å². The van der Waals surface area contributed by atoms with Crippen LogP contribution in [0, 0.1) is 13.8 Å². The van der Waals surface area contributed by atoms with E-state index in [4.69, 9.17) is 0 Å². The number of nitrogens with one attached hydrogen (secondary N) is 1. The van der Waals surface area contributed by atoms with E-state index in [-0.39, 0.29) is 15.8 Å². The predicted octanol–water partition coefficient (Wildman–Crippen LogP) is 5.16. The van der Waals surface area contributed by atoms with Crippen LogP contribution in [-0.4, -0.2) is 13.0 Å². The molecule has 1 unspecified atom stereocenters. The Bertz CT molecular complexity index is 1420. The molecule has 0 fully saturated rings. The monoisotopic (exact) mass is 466 g/mol. The molecular formula is C25H26N2O3S2. The fraction of sp³-hybridized carbons (Fsp3) is 0.240. The molecule has 0 amide bonds. The summed E-state index contributed by atoms with van der Waals surface area (Å²) < 4.78 is 31.5. The van der Waals surface area contributed by atoms with Crippen molar-refractivity contribution in [1.82, 2.24) is 9.29 Å². The smallest absolute Gasteiger partial charge is 0.294 e. The Morgan fingerprint density at radius 2 is 1.72 bits per heavy atom. The van der Waals surface area contributed by atoms with E-state index in [0.717, 1.165) is 33.5 Å². The van der Waals surface area contributed by atoms with E-state index in [2.05, 4.69) is 4.72 Å². The molecule has 0 aliphatic heterocycles. The van der Waals surface area contributed by atoms with Crippen molar-refractivity contribution in [2.45, 2.75) is 44.7 Å². The van der Waals surface area contributed by atoms with Crippen molar-refractivity contribution < 1.29 is 8.42 Å². The molecule has 1 N–H and O–H groups in total. The summed E-state index contributed by atoms with van der Waals surface area (Å²) in [5.41, 5.74) is 5.01. The first kappa shape index (κ1) is 22.5. The Morgan fingerprint density at radius 1 is 0.969 bits per heavy atom. The molecular weight excluding hydrogens is 440 g/mol. The second-order valence-electron chi connectivity index (χ2n) is 8.00. The number of rotatable bonds is 7. The zero-order valence-electron chi connectivity index (χ0n) is 18.3. The van der Waals surface area contributed by atoms with Crippen LogP contribution in [0.15, 0.2) is 76.4 Å². The number of hydrogen-bond donors (Lipinski definition) is 1. The van der Waals surface area contributed by atoms with Crippen molar-refractivity contribution in [3.8, 4) is 0 Å². The summed E-state index contributed by atoms with van der Waals surface area (Å²) in [6, 6.07) is 20.3. The van der Waals surface area contributed by atoms with E-state index in [9.17, 15) is 13.2 Å². The van der Waals surface area contributed by atoms with Crippen LogP contribution in [0.2, 0.25) is 0 Å². The minimum absolute atomic E-state index is 0.104. The average Bonchev–Trinajstić information content (AvgIpc) is 3.09. The highest BCUT2D eigenvalue weighted by molar-refractivity contribution is 7.89. The second kappa shape index (κ2) is 9.02. The molecule has 1 heterocycles. The summed E-state index contributed by atoms with van der Waals surface area (Å²) in [5, 5.41) is 0. The molecule has 7 heteroatoms. The Labute approximate surface area is 192 Å². The SMILES string of the molecule is CCC(NS(=O)(=O)c1ccc2c(c1)sc(=O)n2Cc1ccccc1)c1ccc(C)c(C)c1. The van der Waals surface area contributed by atoms with Gasteiger partial charge in [-0.1, -0.05) is 66.8 Å². The Hall–Kier alpha value is -2.74. The zero-order chi connectivity index (χ0) is 22.9. The zero-order valence-corrected chi connectivity index (χ0v) is 20.0. The molecule has 4 aromatic rings. The maximum absolute atomic E-state index is 13.2. The molecule has 0 radical (unpaired) electrons. The fourth-order valence-electron chi connectivity index (χ4n) is 3.75. The number of fused-ring (bicyclic) bond motifs is 1. The predicted molar refractivity (Wildman–Crippen MR) is 131 cm³/mol. The van der Waals surface area contributed by atoms with Gasteiger partial charge in [-0.3, -0.25) is 9.36 Å². The van der Waals surface area contributed by atoms with Gasteiger partial charge in [0.2, 0.25) is 10.0 Å². The van der Waals surface area contributed by atoms with Crippen LogP contribution in [0.3, 0.4) is 0 Å². The largest absolute Gasteiger partial charge is 0.308 e. The number of aromatic nitrogens is 1. The molecule has 0 saturated carbocycles. The van der Waals surface area contributed by atoms with E-state index < -0.39 is 10.0 Å². The molecule has 0 bridgehead atoms. The van der Waals surface area contributed by atoms with Gasteiger partial charge in [0.25, 0.3) is 0 Å². The summed E-state index contributed by atoms with van der Waals surface area (Å²) in [6.07, 6.45) is 0.630. The molecule has 0 aliphatic carbocycles. The van der Waals surface area contributed by atoms with Gasteiger partial charge in [-0.15, -0.1) is 0 Å². The van der Waals surface area contributed by atoms with Crippen LogP contribution in [0.25, 0.3) is 10.2 Å². The van der Waals surface area contributed by atoms with Gasteiger partial charge in [0.1, 0.15) is 0 Å². The van der Waals surface area contributed by atoms with Crippen molar-refractivity contribution in [3.63, 3.8) is 0 Å². The lowest BCUT2D eigenvalue weighted by molar-refractivity contribution is 0.550. The summed E-state index contributed by atoms with van der Waals surface area (Å²) in [5.74, 6) is 0. The van der Waals surface area contributed by atoms with E-state index in [1.165, 1.54) is 5.56 Å². The van der Waals surface area contributed by atoms with E-state index >= 15 is 0 Å². The van der Waals surface area contributed by atoms with Crippen LogP contribution in [0.1, 0.15) is 41.6 Å². The lowest BCUT2D eigenvalue weighted by Crippen LogP contribution is -2.28. The highest BCUT2D eigenvalue weighted by atomic mass is 32.2. The molecule has 1 atom stereocenters. The molecule has 0 saturated heterocycles. The average molecular weight is 467 g/mol. The molecule has 1 aromatic heterocycles. The number of nitrogens with zero attached hydrogens (tertiary/aromatic N) is 1. The van der Waals surface area contributed by atoms with Crippen LogP contribution in [-0.2, 0) is 16.6 Å². The third-order valence-electron chi connectivity index (χ3n) is 5.77. The van der Waals surface area contributed by atoms with E-state index in [1.54, 1.807) is 22.8 Å². The van der Waals surface area contributed by atoms with Gasteiger partial charge < -0.3 is 0 Å². The molecule has 3 aromatic carbocycles. The maximum atomic E-state index is 13.2. The van der Waals surface area contributed by atoms with Crippen LogP contribution < -0.4 is 9.60 Å². The van der Waals surface area contributed by atoms with E-state index in [0.29, 0.717) is 17.7 Å². The molecule has 0 spiro atoms. The first-order chi connectivity index (χ1) is 15.3. The lowest BCUT2D eigenvalue weighted by Gasteiger charge is -2.19. The van der Waals surface area contributed by atoms with Crippen LogP contribution >= 0.6 is 11.3 Å². The van der Waals surface area contributed by atoms with Crippen molar-refractivity contribution >= 4 is 31.6 Å². The first-order valence-corrected chi connectivity index (χ1v) is 12.9. The first-order valence-electron chi connectivity index (χ1n) is 10.6. The highest BCUT2D eigenvalue weighted by Gasteiger charge is 2.22. The van der Waals surface area contributed by atoms with Gasteiger partial charge >= 0.3 is 4.87 Å². The normalized spacial score (nSPS) is 12.8. The molecule has 166 valence electrons. The van der Waals surface area contributed by atoms with Crippen molar-refractivity contribution in [1.29, 1.82) is 0 Å². The van der Waals surface area contributed by atoms with Gasteiger partial charge in [-0.2, -0.15) is 0 Å². The number of aryl methyl sites for hydroxylation is 2. The minimum atomic E-state index is -3.75. The van der Waals surface area contributed by atoms with Gasteiger partial charge in [-0.05, 0) is 60.7 Å². The summed E-state index contributed by atoms with van der Waals surface area (Å²) in [4.78, 5) is 12.7. The summed E-state index contributed by atoms with van der Waals surface area (Å²) >= 11 is 1.07. The van der Waals surface area contributed by atoms with E-state index in [1.807, 2.05) is 69.3 Å². The number of thiazole rings is 1. The topological polar surface area (TPSA) is 68.2 Å². The number of benzene rings is 3. The van der Waals surface area contributed by atoms with Crippen LogP contribution in [0.5, 0.6) is 0 Å². The number of hydrogen-bond acceptors (Lipinski definition) is 4. The van der Waals surface area contributed by atoms with Crippen molar-refractivity contribution in [2.24, 2.45) is 0 Å². The van der Waals surface area contributed by atoms with Crippen molar-refractivity contribution in [3.05, 3.63) is 98.7 Å². The fourth-order valence-corrected chi connectivity index (χ4v) is 6.09. The molecule has 32 heavy (non-hydrogen) atoms. The standard InChI is InChI=1S/C25H26N2O3S2/c1-4-22(20-11-10-17(2)18(3)14-20)26-32(29,30)21-12-13-23-24(15-21)31-25(28)27(23)16-19-8-6-5-7-9-19/h5-15,22,26H,4,16H2,1-3H3. The quantitative estimate of drug-likeness (QED) is 0.409.